The van der Waals surface area contributed by atoms with Crippen LogP contribution < -0.4 is 11.0 Å². The molecular formula is C31H55N3O6. The number of aliphatic hydroxyl groups excluding tert-OH is 3. The first-order valence-electron chi connectivity index (χ1n) is 16.0. The third kappa shape index (κ3) is 13.7. The molecule has 0 aliphatic carbocycles. The van der Waals surface area contributed by atoms with Gasteiger partial charge in [0.2, 0.25) is 5.91 Å². The van der Waals surface area contributed by atoms with Crippen molar-refractivity contribution in [2.24, 2.45) is 0 Å². The summed E-state index contributed by atoms with van der Waals surface area (Å²) in [5, 5.41) is 32.1. The van der Waals surface area contributed by atoms with Crippen molar-refractivity contribution >= 4 is 11.7 Å². The summed E-state index contributed by atoms with van der Waals surface area (Å²) < 4.78 is 6.32. The van der Waals surface area contributed by atoms with Gasteiger partial charge in [-0.2, -0.15) is 4.98 Å². The number of anilines is 1. The fraction of sp³-hybridized carbons (Fsp3) is 0.839. The first kappa shape index (κ1) is 34.4. The number of nitrogens with one attached hydrogen (secondary N) is 1. The molecule has 0 radical (unpaired) electrons. The van der Waals surface area contributed by atoms with Crippen molar-refractivity contribution in [3.05, 3.63) is 22.7 Å². The van der Waals surface area contributed by atoms with E-state index in [2.05, 4.69) is 17.2 Å². The third-order valence-electron chi connectivity index (χ3n) is 7.85. The summed E-state index contributed by atoms with van der Waals surface area (Å²) in [5.74, 6) is -0.0564. The molecule has 0 bridgehead atoms. The fourth-order valence-corrected chi connectivity index (χ4v) is 5.28. The Morgan fingerprint density at radius 2 is 1.30 bits per heavy atom. The number of carbonyl (C=O) groups excluding carboxylic acids is 1. The molecule has 1 aromatic heterocycles. The summed E-state index contributed by atoms with van der Waals surface area (Å²) in [6.45, 7) is 2.06. The Morgan fingerprint density at radius 1 is 0.825 bits per heavy atom. The number of amides is 1. The van der Waals surface area contributed by atoms with Gasteiger partial charge >= 0.3 is 5.69 Å². The van der Waals surface area contributed by atoms with Crippen molar-refractivity contribution in [2.45, 2.75) is 160 Å². The van der Waals surface area contributed by atoms with Crippen LogP contribution in [0.25, 0.3) is 0 Å². The molecule has 1 aromatic rings. The van der Waals surface area contributed by atoms with Crippen LogP contribution >= 0.6 is 0 Å². The number of ether oxygens (including phenoxy) is 1. The Kier molecular flexibility index (Phi) is 18.0. The predicted molar refractivity (Wildman–Crippen MR) is 158 cm³/mol. The third-order valence-corrected chi connectivity index (χ3v) is 7.85. The molecule has 0 spiro atoms. The molecule has 2 heterocycles. The van der Waals surface area contributed by atoms with Crippen molar-refractivity contribution in [1.29, 1.82) is 0 Å². The molecule has 230 valence electrons. The molecule has 40 heavy (non-hydrogen) atoms. The zero-order valence-corrected chi connectivity index (χ0v) is 24.8. The van der Waals surface area contributed by atoms with Crippen LogP contribution in [0.1, 0.15) is 142 Å². The van der Waals surface area contributed by atoms with Crippen LogP contribution in [0.3, 0.4) is 0 Å². The molecule has 1 amide bonds. The highest BCUT2D eigenvalue weighted by Gasteiger charge is 2.39. The van der Waals surface area contributed by atoms with Gasteiger partial charge in [-0.1, -0.05) is 122 Å². The van der Waals surface area contributed by atoms with Gasteiger partial charge in [-0.15, -0.1) is 0 Å². The van der Waals surface area contributed by atoms with Crippen molar-refractivity contribution in [1.82, 2.24) is 9.55 Å². The molecule has 1 saturated heterocycles. The minimum absolute atomic E-state index is 0.134. The minimum Gasteiger partial charge on any atom is -0.388 e. The zero-order chi connectivity index (χ0) is 29.0. The molecule has 1 aliphatic heterocycles. The van der Waals surface area contributed by atoms with Crippen molar-refractivity contribution in [2.75, 3.05) is 11.9 Å². The van der Waals surface area contributed by atoms with E-state index in [9.17, 15) is 24.9 Å². The van der Waals surface area contributed by atoms with Crippen LogP contribution in [0, 0.1) is 0 Å². The summed E-state index contributed by atoms with van der Waals surface area (Å²) in [6, 6.07) is 1.45. The highest BCUT2D eigenvalue weighted by Crippen LogP contribution is 2.23. The highest BCUT2D eigenvalue weighted by atomic mass is 16.5. The lowest BCUT2D eigenvalue weighted by molar-refractivity contribution is -0.212. The standard InChI is InChI=1S/C31H55N3O6/c1-2-3-4-5-6-7-8-9-10-11-12-13-14-15-16-17-18-19-20-21-27(36)32-26-22-23-34(31(39)33-26)30-29(38)28(37)25(35)24-40-30/h22-23,25,28-30,35,37-38H,2-21,24H2,1H3,(H,32,33,36,39)/t25-,28-,29+,30-/m1/s1. The molecule has 1 aliphatic rings. The SMILES string of the molecule is CCCCCCCCCCCCCCCCCCCCCC(=O)Nc1ccn([C@@H]2OC[C@@H](O)[C@@H](O)[C@@H]2O)c(=O)n1. The van der Waals surface area contributed by atoms with Gasteiger partial charge in [0.1, 0.15) is 24.1 Å². The van der Waals surface area contributed by atoms with Crippen molar-refractivity contribution in [3.8, 4) is 0 Å². The number of hydrogen-bond donors (Lipinski definition) is 4. The first-order valence-corrected chi connectivity index (χ1v) is 16.0. The van der Waals surface area contributed by atoms with Gasteiger partial charge in [0, 0.05) is 12.6 Å². The monoisotopic (exact) mass is 565 g/mol. The molecule has 2 rings (SSSR count). The highest BCUT2D eigenvalue weighted by molar-refractivity contribution is 5.89. The second-order valence-electron chi connectivity index (χ2n) is 11.4. The number of aromatic nitrogens is 2. The average molecular weight is 566 g/mol. The van der Waals surface area contributed by atoms with Crippen LogP contribution in [0.2, 0.25) is 0 Å². The van der Waals surface area contributed by atoms with E-state index in [0.717, 1.165) is 23.8 Å². The lowest BCUT2D eigenvalue weighted by Crippen LogP contribution is -2.52. The number of rotatable bonds is 22. The fourth-order valence-electron chi connectivity index (χ4n) is 5.28. The lowest BCUT2D eigenvalue weighted by atomic mass is 10.0. The number of hydrogen-bond acceptors (Lipinski definition) is 7. The largest absolute Gasteiger partial charge is 0.388 e. The molecular weight excluding hydrogens is 510 g/mol. The smallest absolute Gasteiger partial charge is 0.351 e. The van der Waals surface area contributed by atoms with Gasteiger partial charge in [0.05, 0.1) is 6.61 Å². The zero-order valence-electron chi connectivity index (χ0n) is 24.8. The number of nitrogens with zero attached hydrogens (tertiary/aromatic N) is 2. The van der Waals surface area contributed by atoms with E-state index in [0.29, 0.717) is 6.42 Å². The van der Waals surface area contributed by atoms with E-state index in [1.54, 1.807) is 0 Å². The Morgan fingerprint density at radius 3 is 1.77 bits per heavy atom. The Balaban J connectivity index is 1.43. The van der Waals surface area contributed by atoms with E-state index < -0.39 is 30.2 Å². The summed E-state index contributed by atoms with van der Waals surface area (Å²) >= 11 is 0. The maximum Gasteiger partial charge on any atom is 0.351 e. The minimum atomic E-state index is -1.47. The van der Waals surface area contributed by atoms with Gasteiger partial charge in [-0.3, -0.25) is 9.36 Å². The van der Waals surface area contributed by atoms with Crippen LogP contribution in [0.5, 0.6) is 0 Å². The predicted octanol–water partition coefficient (Wildman–Crippen LogP) is 5.62. The summed E-state index contributed by atoms with van der Waals surface area (Å²) in [4.78, 5) is 28.4. The molecule has 9 heteroatoms. The van der Waals surface area contributed by atoms with E-state index in [1.807, 2.05) is 0 Å². The molecule has 9 nitrogen and oxygen atoms in total. The van der Waals surface area contributed by atoms with Gasteiger partial charge in [0.25, 0.3) is 0 Å². The molecule has 0 aromatic carbocycles. The van der Waals surface area contributed by atoms with Crippen LogP contribution in [-0.4, -0.2) is 55.7 Å². The first-order chi connectivity index (χ1) is 19.4. The normalized spacial score (nSPS) is 21.0. The maximum absolute atomic E-state index is 12.4. The van der Waals surface area contributed by atoms with Crippen LogP contribution in [-0.2, 0) is 9.53 Å². The Hall–Kier alpha value is -1.81. The van der Waals surface area contributed by atoms with Gasteiger partial charge in [-0.05, 0) is 12.5 Å². The van der Waals surface area contributed by atoms with Crippen molar-refractivity contribution < 1.29 is 24.9 Å². The molecule has 0 unspecified atom stereocenters. The topological polar surface area (TPSA) is 134 Å². The molecule has 4 N–H and O–H groups in total. The number of carbonyl (C=O) groups is 1. The summed E-state index contributed by atoms with van der Waals surface area (Å²) in [7, 11) is 0. The molecule has 0 saturated carbocycles. The maximum atomic E-state index is 12.4. The van der Waals surface area contributed by atoms with Gasteiger partial charge in [-0.25, -0.2) is 4.79 Å². The van der Waals surface area contributed by atoms with Crippen LogP contribution in [0.4, 0.5) is 5.82 Å². The van der Waals surface area contributed by atoms with E-state index in [4.69, 9.17) is 4.74 Å². The Labute approximate surface area is 240 Å². The molecule has 4 atom stereocenters. The second-order valence-corrected chi connectivity index (χ2v) is 11.4. The number of unbranched alkanes of at least 4 members (excludes halogenated alkanes) is 18. The number of aliphatic hydroxyl groups is 3. The van der Waals surface area contributed by atoms with E-state index >= 15 is 0 Å². The summed E-state index contributed by atoms with van der Waals surface area (Å²) in [5.41, 5.74) is -0.728. The van der Waals surface area contributed by atoms with Gasteiger partial charge in [0.15, 0.2) is 6.23 Å². The Bertz CT molecular complexity index is 864. The van der Waals surface area contributed by atoms with E-state index in [1.165, 1.54) is 115 Å². The second kappa shape index (κ2) is 21.0. The van der Waals surface area contributed by atoms with Crippen molar-refractivity contribution in [3.63, 3.8) is 0 Å². The lowest BCUT2D eigenvalue weighted by Gasteiger charge is -2.35. The average Bonchev–Trinajstić information content (AvgIpc) is 2.93. The van der Waals surface area contributed by atoms with E-state index in [-0.39, 0.29) is 18.3 Å². The molecule has 1 fully saturated rings. The van der Waals surface area contributed by atoms with Crippen LogP contribution in [0.15, 0.2) is 17.1 Å². The summed E-state index contributed by atoms with van der Waals surface area (Å²) in [6.07, 6.45) is 21.2. The van der Waals surface area contributed by atoms with Gasteiger partial charge < -0.3 is 25.4 Å². The quantitative estimate of drug-likeness (QED) is 0.134.